The van der Waals surface area contributed by atoms with Gasteiger partial charge in [0.2, 0.25) is 0 Å². The number of ether oxygens (including phenoxy) is 1. The molecule has 2 aromatic rings. The van der Waals surface area contributed by atoms with Crippen molar-refractivity contribution in [3.63, 3.8) is 0 Å². The van der Waals surface area contributed by atoms with E-state index in [4.69, 9.17) is 4.74 Å². The quantitative estimate of drug-likeness (QED) is 0.731. The zero-order valence-electron chi connectivity index (χ0n) is 8.90. The predicted octanol–water partition coefficient (Wildman–Crippen LogP) is 2.92. The molecule has 0 unspecified atom stereocenters. The van der Waals surface area contributed by atoms with Crippen LogP contribution in [0.5, 0.6) is 5.75 Å². The highest BCUT2D eigenvalue weighted by molar-refractivity contribution is 5.95. The maximum Gasteiger partial charge on any atom is 0.145 e. The molecular weight excluding hydrogens is 202 g/mol. The van der Waals surface area contributed by atoms with Gasteiger partial charge in [0.1, 0.15) is 18.1 Å². The number of pyridine rings is 1. The van der Waals surface area contributed by atoms with Gasteiger partial charge in [0.15, 0.2) is 0 Å². The number of nitrogens with zero attached hydrogens (tertiary/aromatic N) is 1. The zero-order valence-corrected chi connectivity index (χ0v) is 8.90. The fourth-order valence-corrected chi connectivity index (χ4v) is 2.04. The Kier molecular flexibility index (Phi) is 1.86. The van der Waals surface area contributed by atoms with Crippen LogP contribution < -0.4 is 4.74 Å². The molecule has 0 aliphatic carbocycles. The molecule has 0 fully saturated rings. The summed E-state index contributed by atoms with van der Waals surface area (Å²) < 4.78 is 5.48. The number of aliphatic hydroxyl groups excluding tert-OH is 1. The summed E-state index contributed by atoms with van der Waals surface area (Å²) in [6, 6.07) is 7.72. The minimum atomic E-state index is 0.255. The molecule has 1 aromatic heterocycles. The molecule has 3 heteroatoms. The molecule has 0 spiro atoms. The molecule has 0 saturated heterocycles. The SMILES string of the molecule is CC1=C(O)COc2ccc3ncccc3c21. The third-order valence-corrected chi connectivity index (χ3v) is 2.92. The van der Waals surface area contributed by atoms with Crippen molar-refractivity contribution in [3.05, 3.63) is 41.8 Å². The number of hydrogen-bond donors (Lipinski definition) is 1. The largest absolute Gasteiger partial charge is 0.508 e. The van der Waals surface area contributed by atoms with Crippen LogP contribution in [0.25, 0.3) is 16.5 Å². The number of rotatable bonds is 0. The monoisotopic (exact) mass is 213 g/mol. The minimum absolute atomic E-state index is 0.255. The van der Waals surface area contributed by atoms with Crippen LogP contribution in [0, 0.1) is 0 Å². The van der Waals surface area contributed by atoms with Gasteiger partial charge in [-0.3, -0.25) is 4.98 Å². The fourth-order valence-electron chi connectivity index (χ4n) is 2.04. The minimum Gasteiger partial charge on any atom is -0.508 e. The first kappa shape index (κ1) is 9.21. The second-order valence-corrected chi connectivity index (χ2v) is 3.87. The average molecular weight is 213 g/mol. The van der Waals surface area contributed by atoms with Gasteiger partial charge in [0, 0.05) is 22.7 Å². The summed E-state index contributed by atoms with van der Waals surface area (Å²) >= 11 is 0. The van der Waals surface area contributed by atoms with Gasteiger partial charge in [-0.15, -0.1) is 0 Å². The Labute approximate surface area is 93.0 Å². The standard InChI is InChI=1S/C13H11NO2/c1-8-11(15)7-16-12-5-4-10-9(13(8)12)3-2-6-14-10/h2-6,15H,7H2,1H3. The van der Waals surface area contributed by atoms with Gasteiger partial charge < -0.3 is 9.84 Å². The van der Waals surface area contributed by atoms with Crippen LogP contribution in [0.2, 0.25) is 0 Å². The molecule has 0 radical (unpaired) electrons. The number of aromatic nitrogens is 1. The van der Waals surface area contributed by atoms with Crippen LogP contribution >= 0.6 is 0 Å². The van der Waals surface area contributed by atoms with Crippen LogP contribution in [-0.2, 0) is 0 Å². The van der Waals surface area contributed by atoms with Crippen molar-refractivity contribution in [2.45, 2.75) is 6.92 Å². The Balaban J connectivity index is 2.43. The molecule has 80 valence electrons. The molecule has 3 nitrogen and oxygen atoms in total. The number of allylic oxidation sites excluding steroid dienone is 1. The topological polar surface area (TPSA) is 42.4 Å². The lowest BCUT2D eigenvalue weighted by Crippen LogP contribution is -2.10. The van der Waals surface area contributed by atoms with Crippen molar-refractivity contribution in [2.75, 3.05) is 6.61 Å². The summed E-state index contributed by atoms with van der Waals surface area (Å²) in [5, 5.41) is 10.7. The summed E-state index contributed by atoms with van der Waals surface area (Å²) in [6.45, 7) is 2.16. The van der Waals surface area contributed by atoms with E-state index in [0.717, 1.165) is 27.8 Å². The van der Waals surface area contributed by atoms with Crippen molar-refractivity contribution in [1.29, 1.82) is 0 Å². The van der Waals surface area contributed by atoms with Crippen molar-refractivity contribution in [1.82, 2.24) is 4.98 Å². The molecule has 3 rings (SSSR count). The molecule has 1 aliphatic heterocycles. The lowest BCUT2D eigenvalue weighted by atomic mass is 9.98. The highest BCUT2D eigenvalue weighted by atomic mass is 16.5. The normalized spacial score (nSPS) is 14.8. The first-order chi connectivity index (χ1) is 7.77. The highest BCUT2D eigenvalue weighted by Crippen LogP contribution is 2.36. The van der Waals surface area contributed by atoms with Gasteiger partial charge >= 0.3 is 0 Å². The van der Waals surface area contributed by atoms with Crippen LogP contribution in [0.15, 0.2) is 36.2 Å². The van der Waals surface area contributed by atoms with E-state index in [2.05, 4.69) is 4.98 Å². The lowest BCUT2D eigenvalue weighted by Gasteiger charge is -2.20. The van der Waals surface area contributed by atoms with Gasteiger partial charge in [-0.1, -0.05) is 6.07 Å². The molecule has 0 bridgehead atoms. The molecule has 0 amide bonds. The smallest absolute Gasteiger partial charge is 0.145 e. The van der Waals surface area contributed by atoms with Gasteiger partial charge in [0.25, 0.3) is 0 Å². The molecule has 2 heterocycles. The van der Waals surface area contributed by atoms with E-state index in [-0.39, 0.29) is 6.61 Å². The first-order valence-electron chi connectivity index (χ1n) is 5.17. The van der Waals surface area contributed by atoms with E-state index in [1.807, 2.05) is 31.2 Å². The second-order valence-electron chi connectivity index (χ2n) is 3.87. The first-order valence-corrected chi connectivity index (χ1v) is 5.17. The van der Waals surface area contributed by atoms with E-state index >= 15 is 0 Å². The van der Waals surface area contributed by atoms with Crippen LogP contribution in [0.1, 0.15) is 12.5 Å². The second kappa shape index (κ2) is 3.23. The number of fused-ring (bicyclic) bond motifs is 3. The summed E-state index contributed by atoms with van der Waals surface area (Å²) in [5.74, 6) is 1.11. The Morgan fingerprint density at radius 2 is 2.19 bits per heavy atom. The van der Waals surface area contributed by atoms with Crippen LogP contribution in [0.3, 0.4) is 0 Å². The summed E-state index contributed by atoms with van der Waals surface area (Å²) in [6.07, 6.45) is 1.76. The Hall–Kier alpha value is -2.03. The Morgan fingerprint density at radius 3 is 3.06 bits per heavy atom. The molecular formula is C13H11NO2. The molecule has 1 aromatic carbocycles. The summed E-state index contributed by atoms with van der Waals surface area (Å²) in [5.41, 5.74) is 2.74. The average Bonchev–Trinajstić information content (AvgIpc) is 2.33. The van der Waals surface area contributed by atoms with Crippen LogP contribution in [-0.4, -0.2) is 16.7 Å². The van der Waals surface area contributed by atoms with E-state index in [1.54, 1.807) is 6.20 Å². The fraction of sp³-hybridized carbons (Fsp3) is 0.154. The maximum absolute atomic E-state index is 9.72. The Bertz CT molecular complexity index is 602. The van der Waals surface area contributed by atoms with Crippen molar-refractivity contribution in [2.24, 2.45) is 0 Å². The van der Waals surface area contributed by atoms with E-state index in [1.165, 1.54) is 0 Å². The molecule has 1 aliphatic rings. The Morgan fingerprint density at radius 1 is 1.31 bits per heavy atom. The molecule has 16 heavy (non-hydrogen) atoms. The zero-order chi connectivity index (χ0) is 11.1. The van der Waals surface area contributed by atoms with Gasteiger partial charge in [0.05, 0.1) is 5.52 Å². The molecule has 0 atom stereocenters. The van der Waals surface area contributed by atoms with Crippen molar-refractivity contribution >= 4 is 16.5 Å². The number of aliphatic hydroxyl groups is 1. The maximum atomic E-state index is 9.72. The van der Waals surface area contributed by atoms with E-state index < -0.39 is 0 Å². The lowest BCUT2D eigenvalue weighted by molar-refractivity contribution is 0.265. The molecule has 0 saturated carbocycles. The van der Waals surface area contributed by atoms with E-state index in [9.17, 15) is 5.11 Å². The number of hydrogen-bond acceptors (Lipinski definition) is 3. The third kappa shape index (κ3) is 1.18. The van der Waals surface area contributed by atoms with Gasteiger partial charge in [-0.25, -0.2) is 0 Å². The number of benzene rings is 1. The highest BCUT2D eigenvalue weighted by Gasteiger charge is 2.19. The third-order valence-electron chi connectivity index (χ3n) is 2.92. The predicted molar refractivity (Wildman–Crippen MR) is 62.5 cm³/mol. The summed E-state index contributed by atoms with van der Waals surface area (Å²) in [7, 11) is 0. The van der Waals surface area contributed by atoms with E-state index in [0.29, 0.717) is 5.76 Å². The van der Waals surface area contributed by atoms with Gasteiger partial charge in [-0.2, -0.15) is 0 Å². The summed E-state index contributed by atoms with van der Waals surface area (Å²) in [4.78, 5) is 4.29. The molecule has 1 N–H and O–H groups in total. The van der Waals surface area contributed by atoms with Gasteiger partial charge in [-0.05, 0) is 25.1 Å². The van der Waals surface area contributed by atoms with Crippen LogP contribution in [0.4, 0.5) is 0 Å². The van der Waals surface area contributed by atoms with Crippen molar-refractivity contribution < 1.29 is 9.84 Å². The van der Waals surface area contributed by atoms with Crippen molar-refractivity contribution in [3.8, 4) is 5.75 Å².